The number of aliphatic hydroxyl groups is 1. The summed E-state index contributed by atoms with van der Waals surface area (Å²) in [5.41, 5.74) is 4.88. The lowest BCUT2D eigenvalue weighted by molar-refractivity contribution is -0.114. The van der Waals surface area contributed by atoms with Gasteiger partial charge in [-0.25, -0.2) is 4.79 Å². The second kappa shape index (κ2) is 6.31. The summed E-state index contributed by atoms with van der Waals surface area (Å²) >= 11 is 0. The molecule has 21 heavy (non-hydrogen) atoms. The van der Waals surface area contributed by atoms with Gasteiger partial charge in [0.2, 0.25) is 5.91 Å². The summed E-state index contributed by atoms with van der Waals surface area (Å²) in [6.07, 6.45) is -1.70. The number of nitrogens with two attached hydrogens (primary N) is 1. The summed E-state index contributed by atoms with van der Waals surface area (Å²) in [7, 11) is 1.41. The first kappa shape index (κ1) is 15.6. The second-order valence-corrected chi connectivity index (χ2v) is 4.68. The lowest BCUT2D eigenvalue weighted by Crippen LogP contribution is -2.38. The Hall–Kier alpha value is -1.81. The minimum absolute atomic E-state index is 0.101. The third-order valence-corrected chi connectivity index (χ3v) is 3.23. The molecule has 1 aromatic rings. The third kappa shape index (κ3) is 3.10. The van der Waals surface area contributed by atoms with Crippen LogP contribution in [-0.4, -0.2) is 52.5 Å². The molecule has 1 amide bonds. The van der Waals surface area contributed by atoms with Gasteiger partial charge in [0.25, 0.3) is 0 Å². The van der Waals surface area contributed by atoms with Crippen LogP contribution < -0.4 is 16.7 Å². The van der Waals surface area contributed by atoms with Crippen LogP contribution in [-0.2, 0) is 14.3 Å². The molecule has 0 unspecified atom stereocenters. The minimum atomic E-state index is -0.938. The Morgan fingerprint density at radius 3 is 2.90 bits per heavy atom. The van der Waals surface area contributed by atoms with E-state index in [2.05, 4.69) is 10.3 Å². The van der Waals surface area contributed by atoms with E-state index in [1.165, 1.54) is 30.9 Å². The Morgan fingerprint density at radius 1 is 1.67 bits per heavy atom. The SMILES string of the molecule is CO[C@@H]1[C@H](O)[C@@H](CN)O[C@H]1n1ccc(NC(C)=O)nc1=O. The molecule has 4 atom stereocenters. The highest BCUT2D eigenvalue weighted by Crippen LogP contribution is 2.29. The Bertz CT molecular complexity index is 575. The Labute approximate surface area is 120 Å². The van der Waals surface area contributed by atoms with Crippen LogP contribution in [0.4, 0.5) is 5.82 Å². The van der Waals surface area contributed by atoms with Crippen molar-refractivity contribution in [3.63, 3.8) is 0 Å². The van der Waals surface area contributed by atoms with Crippen molar-refractivity contribution in [2.45, 2.75) is 31.5 Å². The van der Waals surface area contributed by atoms with Crippen LogP contribution in [0, 0.1) is 0 Å². The van der Waals surface area contributed by atoms with Gasteiger partial charge in [0, 0.05) is 26.8 Å². The third-order valence-electron chi connectivity index (χ3n) is 3.23. The molecule has 9 nitrogen and oxygen atoms in total. The lowest BCUT2D eigenvalue weighted by atomic mass is 10.1. The molecule has 0 spiro atoms. The molecule has 1 saturated heterocycles. The summed E-state index contributed by atoms with van der Waals surface area (Å²) in [5, 5.41) is 12.4. The van der Waals surface area contributed by atoms with Gasteiger partial charge in [-0.15, -0.1) is 0 Å². The minimum Gasteiger partial charge on any atom is -0.387 e. The smallest absolute Gasteiger partial charge is 0.351 e. The van der Waals surface area contributed by atoms with Gasteiger partial charge in [-0.1, -0.05) is 0 Å². The average Bonchev–Trinajstić information content (AvgIpc) is 2.74. The number of methoxy groups -OCH3 is 1. The normalized spacial score (nSPS) is 28.6. The van der Waals surface area contributed by atoms with Gasteiger partial charge in [0.15, 0.2) is 6.23 Å². The maximum Gasteiger partial charge on any atom is 0.351 e. The molecule has 1 aliphatic rings. The number of carbonyl (C=O) groups excluding carboxylic acids is 1. The van der Waals surface area contributed by atoms with Crippen molar-refractivity contribution in [3.8, 4) is 0 Å². The number of hydrogen-bond acceptors (Lipinski definition) is 7. The van der Waals surface area contributed by atoms with Crippen molar-refractivity contribution in [2.75, 3.05) is 19.0 Å². The number of aromatic nitrogens is 2. The van der Waals surface area contributed by atoms with E-state index in [0.29, 0.717) is 0 Å². The van der Waals surface area contributed by atoms with Crippen molar-refractivity contribution in [1.82, 2.24) is 9.55 Å². The predicted octanol–water partition coefficient (Wildman–Crippen LogP) is -1.57. The van der Waals surface area contributed by atoms with Gasteiger partial charge in [0.05, 0.1) is 0 Å². The zero-order valence-electron chi connectivity index (χ0n) is 11.7. The van der Waals surface area contributed by atoms with Crippen LogP contribution in [0.15, 0.2) is 17.1 Å². The molecule has 1 aromatic heterocycles. The molecule has 2 rings (SSSR count). The summed E-state index contributed by atoms with van der Waals surface area (Å²) in [5.74, 6) is -0.184. The van der Waals surface area contributed by atoms with Crippen LogP contribution in [0.1, 0.15) is 13.2 Å². The monoisotopic (exact) mass is 298 g/mol. The molecular weight excluding hydrogens is 280 g/mol. The zero-order chi connectivity index (χ0) is 15.6. The van der Waals surface area contributed by atoms with E-state index in [9.17, 15) is 14.7 Å². The summed E-state index contributed by atoms with van der Waals surface area (Å²) in [6, 6.07) is 1.46. The highest BCUT2D eigenvalue weighted by molar-refractivity contribution is 5.87. The molecule has 1 fully saturated rings. The Kier molecular flexibility index (Phi) is 4.68. The number of anilines is 1. The van der Waals surface area contributed by atoms with Crippen LogP contribution in [0.25, 0.3) is 0 Å². The molecule has 0 radical (unpaired) electrons. The van der Waals surface area contributed by atoms with E-state index in [0.717, 1.165) is 0 Å². The first-order valence-corrected chi connectivity index (χ1v) is 6.41. The molecule has 0 saturated carbocycles. The van der Waals surface area contributed by atoms with Crippen molar-refractivity contribution in [2.24, 2.45) is 5.73 Å². The fourth-order valence-electron chi connectivity index (χ4n) is 2.25. The van der Waals surface area contributed by atoms with Gasteiger partial charge in [-0.2, -0.15) is 4.98 Å². The molecule has 1 aliphatic heterocycles. The molecule has 0 bridgehead atoms. The van der Waals surface area contributed by atoms with E-state index >= 15 is 0 Å². The van der Waals surface area contributed by atoms with E-state index in [4.69, 9.17) is 15.2 Å². The Balaban J connectivity index is 2.29. The fourth-order valence-corrected chi connectivity index (χ4v) is 2.25. The molecule has 9 heteroatoms. The quantitative estimate of drug-likeness (QED) is 0.612. The molecular formula is C12H18N4O5. The van der Waals surface area contributed by atoms with Gasteiger partial charge in [-0.3, -0.25) is 9.36 Å². The van der Waals surface area contributed by atoms with Crippen LogP contribution in [0.5, 0.6) is 0 Å². The van der Waals surface area contributed by atoms with Crippen LogP contribution >= 0.6 is 0 Å². The summed E-state index contributed by atoms with van der Waals surface area (Å²) < 4.78 is 11.9. The number of carbonyl (C=O) groups is 1. The van der Waals surface area contributed by atoms with Gasteiger partial charge in [-0.05, 0) is 6.07 Å². The Morgan fingerprint density at radius 2 is 2.38 bits per heavy atom. The van der Waals surface area contributed by atoms with Crippen LogP contribution in [0.3, 0.4) is 0 Å². The first-order valence-electron chi connectivity index (χ1n) is 6.41. The van der Waals surface area contributed by atoms with Gasteiger partial charge < -0.3 is 25.6 Å². The number of hydrogen-bond donors (Lipinski definition) is 3. The van der Waals surface area contributed by atoms with Crippen molar-refractivity contribution in [3.05, 3.63) is 22.7 Å². The largest absolute Gasteiger partial charge is 0.387 e. The maximum atomic E-state index is 12.0. The topological polar surface area (TPSA) is 129 Å². The number of aliphatic hydroxyl groups excluding tert-OH is 1. The average molecular weight is 298 g/mol. The molecule has 0 aliphatic carbocycles. The number of rotatable bonds is 4. The van der Waals surface area contributed by atoms with Gasteiger partial charge in [0.1, 0.15) is 24.1 Å². The van der Waals surface area contributed by atoms with Crippen molar-refractivity contribution in [1.29, 1.82) is 0 Å². The summed E-state index contributed by atoms with van der Waals surface area (Å²) in [6.45, 7) is 1.42. The highest BCUT2D eigenvalue weighted by atomic mass is 16.6. The number of nitrogens with zero attached hydrogens (tertiary/aromatic N) is 2. The standard InChI is InChI=1S/C12H18N4O5/c1-6(17)14-8-3-4-16(12(19)15-8)11-10(20-2)9(18)7(5-13)21-11/h3-4,7,9-11,18H,5,13H2,1-2H3,(H,14,15,17,19)/t7-,9-,10-,11-/m1/s1. The molecule has 116 valence electrons. The van der Waals surface area contributed by atoms with Crippen molar-refractivity contribution < 1.29 is 19.4 Å². The van der Waals surface area contributed by atoms with Crippen LogP contribution in [0.2, 0.25) is 0 Å². The maximum absolute atomic E-state index is 12.0. The van der Waals surface area contributed by atoms with E-state index in [1.807, 2.05) is 0 Å². The lowest BCUT2D eigenvalue weighted by Gasteiger charge is -2.20. The van der Waals surface area contributed by atoms with E-state index in [-0.39, 0.29) is 18.3 Å². The fraction of sp³-hybridized carbons (Fsp3) is 0.583. The number of ether oxygens (including phenoxy) is 2. The van der Waals surface area contributed by atoms with Crippen molar-refractivity contribution >= 4 is 11.7 Å². The molecule has 4 N–H and O–H groups in total. The zero-order valence-corrected chi connectivity index (χ0v) is 11.7. The first-order chi connectivity index (χ1) is 9.97. The van der Waals surface area contributed by atoms with E-state index < -0.39 is 30.2 Å². The highest BCUT2D eigenvalue weighted by Gasteiger charge is 2.44. The predicted molar refractivity (Wildman–Crippen MR) is 72.6 cm³/mol. The van der Waals surface area contributed by atoms with Gasteiger partial charge >= 0.3 is 5.69 Å². The number of amides is 1. The molecule has 0 aromatic carbocycles. The molecule has 2 heterocycles. The van der Waals surface area contributed by atoms with E-state index in [1.54, 1.807) is 0 Å². The summed E-state index contributed by atoms with van der Waals surface area (Å²) in [4.78, 5) is 26.7. The second-order valence-electron chi connectivity index (χ2n) is 4.68. The number of nitrogens with one attached hydrogen (secondary N) is 1.